The molecule has 4 rings (SSSR count). The molecule has 1 aliphatic carbocycles. The zero-order chi connectivity index (χ0) is 16.4. The fourth-order valence-corrected chi connectivity index (χ4v) is 5.55. The predicted octanol–water partition coefficient (Wildman–Crippen LogP) is 1.06. The molecule has 2 N–H and O–H groups in total. The largest absolute Gasteiger partial charge is 0.327 e. The molecular weight excluding hydrogens is 350 g/mol. The molecule has 0 radical (unpaired) electrons. The molecule has 0 spiro atoms. The Labute approximate surface area is 147 Å². The van der Waals surface area contributed by atoms with E-state index >= 15 is 0 Å². The SMILES string of the molecule is Cc1nn(C)c2ncc(S(=O)(=O)N3CC4CCC(N)C4C3)cc12.Cl. The van der Waals surface area contributed by atoms with Gasteiger partial charge in [0.1, 0.15) is 4.90 Å². The van der Waals surface area contributed by atoms with Gasteiger partial charge in [-0.05, 0) is 37.7 Å². The number of fused-ring (bicyclic) bond motifs is 2. The maximum absolute atomic E-state index is 13.0. The van der Waals surface area contributed by atoms with Gasteiger partial charge >= 0.3 is 0 Å². The molecule has 0 aromatic carbocycles. The van der Waals surface area contributed by atoms with Crippen molar-refractivity contribution in [1.82, 2.24) is 19.1 Å². The molecule has 3 atom stereocenters. The van der Waals surface area contributed by atoms with Crippen LogP contribution in [0, 0.1) is 18.8 Å². The number of aryl methyl sites for hydroxylation is 2. The van der Waals surface area contributed by atoms with E-state index in [1.807, 2.05) is 6.92 Å². The van der Waals surface area contributed by atoms with Crippen LogP contribution in [0.1, 0.15) is 18.5 Å². The molecule has 1 saturated heterocycles. The van der Waals surface area contributed by atoms with Crippen molar-refractivity contribution in [2.45, 2.75) is 30.7 Å². The van der Waals surface area contributed by atoms with Gasteiger partial charge in [-0.15, -0.1) is 12.4 Å². The van der Waals surface area contributed by atoms with Gasteiger partial charge < -0.3 is 5.73 Å². The molecule has 1 saturated carbocycles. The van der Waals surface area contributed by atoms with Gasteiger partial charge in [0.25, 0.3) is 0 Å². The monoisotopic (exact) mass is 371 g/mol. The normalized spacial score (nSPS) is 27.4. The molecule has 1 aliphatic heterocycles. The quantitative estimate of drug-likeness (QED) is 0.851. The fraction of sp³-hybridized carbons (Fsp3) is 0.600. The van der Waals surface area contributed by atoms with Gasteiger partial charge in [0.15, 0.2) is 5.65 Å². The Morgan fingerprint density at radius 3 is 2.75 bits per heavy atom. The van der Waals surface area contributed by atoms with Crippen LogP contribution in [0.15, 0.2) is 17.2 Å². The lowest BCUT2D eigenvalue weighted by atomic mass is 9.98. The summed E-state index contributed by atoms with van der Waals surface area (Å²) in [5.41, 5.74) is 7.60. The number of pyridine rings is 1. The first-order valence-electron chi connectivity index (χ1n) is 7.93. The summed E-state index contributed by atoms with van der Waals surface area (Å²) >= 11 is 0. The number of hydrogen-bond donors (Lipinski definition) is 1. The van der Waals surface area contributed by atoms with Crippen LogP contribution in [-0.4, -0.2) is 46.6 Å². The topological polar surface area (TPSA) is 94.1 Å². The molecule has 3 heterocycles. The van der Waals surface area contributed by atoms with Crippen LogP contribution in [0.25, 0.3) is 11.0 Å². The van der Waals surface area contributed by atoms with E-state index in [-0.39, 0.29) is 23.3 Å². The summed E-state index contributed by atoms with van der Waals surface area (Å²) in [6.45, 7) is 2.96. The van der Waals surface area contributed by atoms with E-state index in [9.17, 15) is 8.42 Å². The van der Waals surface area contributed by atoms with Crippen LogP contribution in [0.5, 0.6) is 0 Å². The molecule has 2 fully saturated rings. The van der Waals surface area contributed by atoms with Gasteiger partial charge in [0, 0.05) is 37.8 Å². The highest BCUT2D eigenvalue weighted by Gasteiger charge is 2.45. The van der Waals surface area contributed by atoms with Crippen LogP contribution in [0.4, 0.5) is 0 Å². The van der Waals surface area contributed by atoms with E-state index in [1.165, 1.54) is 6.20 Å². The van der Waals surface area contributed by atoms with E-state index < -0.39 is 10.0 Å². The minimum absolute atomic E-state index is 0. The Balaban J connectivity index is 0.00000169. The smallest absolute Gasteiger partial charge is 0.244 e. The van der Waals surface area contributed by atoms with Crippen molar-refractivity contribution < 1.29 is 8.42 Å². The zero-order valence-electron chi connectivity index (χ0n) is 13.7. The number of hydrogen-bond acceptors (Lipinski definition) is 5. The van der Waals surface area contributed by atoms with Gasteiger partial charge in [-0.1, -0.05) is 0 Å². The summed E-state index contributed by atoms with van der Waals surface area (Å²) in [6, 6.07) is 1.81. The average Bonchev–Trinajstić information content (AvgIpc) is 3.16. The van der Waals surface area contributed by atoms with Crippen molar-refractivity contribution in [2.75, 3.05) is 13.1 Å². The lowest BCUT2D eigenvalue weighted by Gasteiger charge is -2.18. The van der Waals surface area contributed by atoms with Gasteiger partial charge in [0.2, 0.25) is 10.0 Å². The number of nitrogens with zero attached hydrogens (tertiary/aromatic N) is 4. The third kappa shape index (κ3) is 2.52. The van der Waals surface area contributed by atoms with Crippen molar-refractivity contribution in [2.24, 2.45) is 24.6 Å². The molecule has 132 valence electrons. The molecule has 2 aromatic heterocycles. The third-order valence-electron chi connectivity index (χ3n) is 5.35. The predicted molar refractivity (Wildman–Crippen MR) is 93.4 cm³/mol. The van der Waals surface area contributed by atoms with E-state index in [0.29, 0.717) is 30.6 Å². The fourth-order valence-electron chi connectivity index (χ4n) is 4.04. The number of sulfonamides is 1. The lowest BCUT2D eigenvalue weighted by Crippen LogP contribution is -2.33. The standard InChI is InChI=1S/C15H21N5O2S.ClH/c1-9-12-5-11(6-17-15(12)19(2)18-9)23(21,22)20-7-10-3-4-14(16)13(10)8-20;/h5-6,10,13-14H,3-4,7-8,16H2,1-2H3;1H. The number of rotatable bonds is 2. The minimum Gasteiger partial charge on any atom is -0.327 e. The van der Waals surface area contributed by atoms with Crippen molar-refractivity contribution in [3.05, 3.63) is 18.0 Å². The minimum atomic E-state index is -3.52. The van der Waals surface area contributed by atoms with Gasteiger partial charge in [0.05, 0.1) is 5.69 Å². The Hall–Kier alpha value is -1.22. The number of halogens is 1. The lowest BCUT2D eigenvalue weighted by molar-refractivity contribution is 0.427. The summed E-state index contributed by atoms with van der Waals surface area (Å²) in [5.74, 6) is 0.693. The third-order valence-corrected chi connectivity index (χ3v) is 7.15. The first-order valence-corrected chi connectivity index (χ1v) is 9.37. The second-order valence-corrected chi connectivity index (χ2v) is 8.68. The van der Waals surface area contributed by atoms with Gasteiger partial charge in [-0.25, -0.2) is 13.4 Å². The Kier molecular flexibility index (Phi) is 4.36. The molecular formula is C15H22ClN5O2S. The van der Waals surface area contributed by atoms with E-state index in [2.05, 4.69) is 10.1 Å². The molecule has 3 unspecified atom stereocenters. The van der Waals surface area contributed by atoms with Crippen LogP contribution >= 0.6 is 12.4 Å². The summed E-state index contributed by atoms with van der Waals surface area (Å²) in [6.07, 6.45) is 3.47. The molecule has 0 amide bonds. The van der Waals surface area contributed by atoms with E-state index in [4.69, 9.17) is 5.73 Å². The summed E-state index contributed by atoms with van der Waals surface area (Å²) in [7, 11) is -1.72. The van der Waals surface area contributed by atoms with Crippen LogP contribution in [0.2, 0.25) is 0 Å². The van der Waals surface area contributed by atoms with Crippen molar-refractivity contribution in [3.63, 3.8) is 0 Å². The molecule has 9 heteroatoms. The van der Waals surface area contributed by atoms with E-state index in [1.54, 1.807) is 22.1 Å². The number of aromatic nitrogens is 3. The highest BCUT2D eigenvalue weighted by atomic mass is 35.5. The molecule has 2 aromatic rings. The average molecular weight is 372 g/mol. The van der Waals surface area contributed by atoms with Crippen molar-refractivity contribution in [3.8, 4) is 0 Å². The number of nitrogens with two attached hydrogens (primary N) is 1. The van der Waals surface area contributed by atoms with Crippen molar-refractivity contribution >= 4 is 33.5 Å². The molecule has 7 nitrogen and oxygen atoms in total. The first kappa shape index (κ1) is 17.6. The maximum Gasteiger partial charge on any atom is 0.244 e. The van der Waals surface area contributed by atoms with Crippen LogP contribution in [0.3, 0.4) is 0 Å². The Morgan fingerprint density at radius 2 is 2.04 bits per heavy atom. The highest BCUT2D eigenvalue weighted by molar-refractivity contribution is 7.89. The Bertz CT molecular complexity index is 881. The highest BCUT2D eigenvalue weighted by Crippen LogP contribution is 2.39. The maximum atomic E-state index is 13.0. The molecule has 24 heavy (non-hydrogen) atoms. The second kappa shape index (κ2) is 5.94. The summed E-state index contributed by atoms with van der Waals surface area (Å²) < 4.78 is 29.2. The molecule has 0 bridgehead atoms. The summed E-state index contributed by atoms with van der Waals surface area (Å²) in [4.78, 5) is 4.54. The molecule has 2 aliphatic rings. The van der Waals surface area contributed by atoms with Gasteiger partial charge in [-0.2, -0.15) is 9.40 Å². The summed E-state index contributed by atoms with van der Waals surface area (Å²) in [5, 5.41) is 5.08. The van der Waals surface area contributed by atoms with Crippen LogP contribution in [-0.2, 0) is 17.1 Å². The van der Waals surface area contributed by atoms with Crippen molar-refractivity contribution in [1.29, 1.82) is 0 Å². The second-order valence-electron chi connectivity index (χ2n) is 6.74. The zero-order valence-corrected chi connectivity index (χ0v) is 15.3. The first-order chi connectivity index (χ1) is 10.9. The Morgan fingerprint density at radius 1 is 1.29 bits per heavy atom. The van der Waals surface area contributed by atoms with E-state index in [0.717, 1.165) is 23.9 Å². The van der Waals surface area contributed by atoms with Gasteiger partial charge in [-0.3, -0.25) is 4.68 Å². The van der Waals surface area contributed by atoms with Crippen LogP contribution < -0.4 is 5.73 Å².